The summed E-state index contributed by atoms with van der Waals surface area (Å²) in [6.07, 6.45) is -3.15. The van der Waals surface area contributed by atoms with E-state index >= 15 is 0 Å². The lowest BCUT2D eigenvalue weighted by Crippen LogP contribution is -2.45. The molecule has 0 spiro atoms. The van der Waals surface area contributed by atoms with E-state index in [1.54, 1.807) is 17.5 Å². The predicted octanol–water partition coefficient (Wildman–Crippen LogP) is 3.69. The molecule has 8 heteroatoms. The highest BCUT2D eigenvalue weighted by Gasteiger charge is 2.35. The van der Waals surface area contributed by atoms with Crippen molar-refractivity contribution in [3.05, 3.63) is 57.8 Å². The Labute approximate surface area is 152 Å². The Kier molecular flexibility index (Phi) is 5.31. The summed E-state index contributed by atoms with van der Waals surface area (Å²) in [5, 5.41) is 4.45. The molecule has 0 bridgehead atoms. The largest absolute Gasteiger partial charge is 0.416 e. The number of benzene rings is 1. The lowest BCUT2D eigenvalue weighted by atomic mass is 10.1. The van der Waals surface area contributed by atoms with Crippen molar-refractivity contribution in [2.45, 2.75) is 31.6 Å². The topological polar surface area (TPSA) is 49.4 Å². The zero-order valence-corrected chi connectivity index (χ0v) is 14.6. The van der Waals surface area contributed by atoms with Crippen molar-refractivity contribution in [3.8, 4) is 0 Å². The van der Waals surface area contributed by atoms with Gasteiger partial charge in [-0.25, -0.2) is 0 Å². The number of rotatable bonds is 4. The predicted molar refractivity (Wildman–Crippen MR) is 91.7 cm³/mol. The fourth-order valence-corrected chi connectivity index (χ4v) is 3.67. The van der Waals surface area contributed by atoms with Gasteiger partial charge in [-0.1, -0.05) is 18.2 Å². The van der Waals surface area contributed by atoms with Crippen LogP contribution in [0.4, 0.5) is 13.2 Å². The van der Waals surface area contributed by atoms with Gasteiger partial charge >= 0.3 is 6.18 Å². The maximum Gasteiger partial charge on any atom is 0.416 e. The Morgan fingerprint density at radius 2 is 2.04 bits per heavy atom. The molecule has 1 fully saturated rings. The van der Waals surface area contributed by atoms with E-state index in [9.17, 15) is 22.8 Å². The van der Waals surface area contributed by atoms with E-state index in [0.717, 1.165) is 18.6 Å². The number of amides is 2. The van der Waals surface area contributed by atoms with Crippen LogP contribution >= 0.6 is 11.3 Å². The van der Waals surface area contributed by atoms with E-state index in [2.05, 4.69) is 5.32 Å². The zero-order valence-electron chi connectivity index (χ0n) is 13.8. The first-order chi connectivity index (χ1) is 12.4. The molecular formula is C18H17F3N2O2S. The van der Waals surface area contributed by atoms with Crippen molar-refractivity contribution in [1.82, 2.24) is 10.2 Å². The fourth-order valence-electron chi connectivity index (χ4n) is 2.99. The summed E-state index contributed by atoms with van der Waals surface area (Å²) in [7, 11) is 0. The number of thiophene rings is 1. The van der Waals surface area contributed by atoms with Crippen LogP contribution in [-0.4, -0.2) is 29.3 Å². The maximum absolute atomic E-state index is 12.8. The van der Waals surface area contributed by atoms with E-state index in [4.69, 9.17) is 0 Å². The molecule has 0 radical (unpaired) electrons. The molecule has 4 nitrogen and oxygen atoms in total. The van der Waals surface area contributed by atoms with Gasteiger partial charge in [0.05, 0.1) is 10.4 Å². The molecule has 2 amide bonds. The minimum atomic E-state index is -4.42. The molecule has 3 rings (SSSR count). The summed E-state index contributed by atoms with van der Waals surface area (Å²) in [4.78, 5) is 27.1. The zero-order chi connectivity index (χ0) is 18.7. The molecule has 0 saturated carbocycles. The van der Waals surface area contributed by atoms with Gasteiger partial charge in [0.1, 0.15) is 6.04 Å². The van der Waals surface area contributed by atoms with Gasteiger partial charge < -0.3 is 10.2 Å². The van der Waals surface area contributed by atoms with Crippen molar-refractivity contribution >= 4 is 23.2 Å². The molecule has 1 unspecified atom stereocenters. The van der Waals surface area contributed by atoms with Gasteiger partial charge in [-0.2, -0.15) is 13.2 Å². The van der Waals surface area contributed by atoms with Gasteiger partial charge in [-0.15, -0.1) is 11.3 Å². The van der Waals surface area contributed by atoms with Gasteiger partial charge in [-0.3, -0.25) is 9.59 Å². The number of carbonyl (C=O) groups excluding carboxylic acids is 2. The lowest BCUT2D eigenvalue weighted by molar-refractivity contribution is -0.137. The third-order valence-corrected chi connectivity index (χ3v) is 5.13. The number of halogens is 3. The van der Waals surface area contributed by atoms with Crippen LogP contribution in [0.15, 0.2) is 41.8 Å². The molecule has 1 aromatic heterocycles. The fraction of sp³-hybridized carbons (Fsp3) is 0.333. The Bertz CT molecular complexity index is 790. The quantitative estimate of drug-likeness (QED) is 0.877. The van der Waals surface area contributed by atoms with Crippen molar-refractivity contribution in [2.24, 2.45) is 0 Å². The third-order valence-electron chi connectivity index (χ3n) is 4.27. The van der Waals surface area contributed by atoms with E-state index in [-0.39, 0.29) is 18.4 Å². The lowest BCUT2D eigenvalue weighted by Gasteiger charge is -2.23. The summed E-state index contributed by atoms with van der Waals surface area (Å²) >= 11 is 1.32. The molecule has 0 aliphatic carbocycles. The van der Waals surface area contributed by atoms with Crippen LogP contribution in [0.1, 0.15) is 33.6 Å². The van der Waals surface area contributed by atoms with E-state index in [1.807, 2.05) is 0 Å². The summed E-state index contributed by atoms with van der Waals surface area (Å²) in [6, 6.07) is 7.74. The molecule has 2 heterocycles. The SMILES string of the molecule is O=C(NCc1cccc(C(F)(F)F)c1)C1CCCN1C(=O)c1cccs1. The number of hydrogen-bond donors (Lipinski definition) is 1. The Hall–Kier alpha value is -2.35. The first-order valence-electron chi connectivity index (χ1n) is 8.14. The average molecular weight is 382 g/mol. The summed E-state index contributed by atoms with van der Waals surface area (Å²) < 4.78 is 38.3. The minimum Gasteiger partial charge on any atom is -0.350 e. The maximum atomic E-state index is 12.8. The van der Waals surface area contributed by atoms with Gasteiger partial charge in [0, 0.05) is 13.1 Å². The molecular weight excluding hydrogens is 365 g/mol. The van der Waals surface area contributed by atoms with Gasteiger partial charge in [-0.05, 0) is 42.0 Å². The van der Waals surface area contributed by atoms with Crippen molar-refractivity contribution < 1.29 is 22.8 Å². The van der Waals surface area contributed by atoms with Crippen molar-refractivity contribution in [2.75, 3.05) is 6.54 Å². The second kappa shape index (κ2) is 7.49. The number of alkyl halides is 3. The average Bonchev–Trinajstić information content (AvgIpc) is 3.30. The number of nitrogens with one attached hydrogen (secondary N) is 1. The minimum absolute atomic E-state index is 0.0136. The van der Waals surface area contributed by atoms with Crippen LogP contribution in [-0.2, 0) is 17.5 Å². The van der Waals surface area contributed by atoms with Crippen LogP contribution in [0.25, 0.3) is 0 Å². The van der Waals surface area contributed by atoms with Crippen molar-refractivity contribution in [3.63, 3.8) is 0 Å². The molecule has 1 aliphatic rings. The molecule has 1 saturated heterocycles. The first-order valence-corrected chi connectivity index (χ1v) is 9.02. The number of carbonyl (C=O) groups is 2. The summed E-state index contributed by atoms with van der Waals surface area (Å²) in [5.41, 5.74) is -0.387. The smallest absolute Gasteiger partial charge is 0.350 e. The van der Waals surface area contributed by atoms with Crippen LogP contribution in [0, 0.1) is 0 Å². The van der Waals surface area contributed by atoms with E-state index in [1.165, 1.54) is 28.4 Å². The second-order valence-electron chi connectivity index (χ2n) is 6.05. The number of likely N-dealkylation sites (tertiary alicyclic amines) is 1. The Morgan fingerprint density at radius 1 is 1.23 bits per heavy atom. The normalized spacial score (nSPS) is 17.3. The summed E-state index contributed by atoms with van der Waals surface area (Å²) in [6.45, 7) is 0.485. The molecule has 138 valence electrons. The van der Waals surface area contributed by atoms with Crippen molar-refractivity contribution in [1.29, 1.82) is 0 Å². The highest BCUT2D eigenvalue weighted by molar-refractivity contribution is 7.12. The molecule has 1 aromatic carbocycles. The highest BCUT2D eigenvalue weighted by Crippen LogP contribution is 2.29. The highest BCUT2D eigenvalue weighted by atomic mass is 32.1. The number of hydrogen-bond acceptors (Lipinski definition) is 3. The number of nitrogens with zero attached hydrogens (tertiary/aromatic N) is 1. The van der Waals surface area contributed by atoms with E-state index in [0.29, 0.717) is 23.4 Å². The monoisotopic (exact) mass is 382 g/mol. The molecule has 2 aromatic rings. The molecule has 1 N–H and O–H groups in total. The van der Waals surface area contributed by atoms with Crippen LogP contribution in [0.2, 0.25) is 0 Å². The van der Waals surface area contributed by atoms with Gasteiger partial charge in [0.2, 0.25) is 5.91 Å². The summed E-state index contributed by atoms with van der Waals surface area (Å²) in [5.74, 6) is -0.526. The van der Waals surface area contributed by atoms with Crippen LogP contribution < -0.4 is 5.32 Å². The molecule has 1 atom stereocenters. The third kappa shape index (κ3) is 4.07. The van der Waals surface area contributed by atoms with Crippen LogP contribution in [0.3, 0.4) is 0 Å². The van der Waals surface area contributed by atoms with Gasteiger partial charge in [0.25, 0.3) is 5.91 Å². The first kappa shape index (κ1) is 18.4. The molecule has 1 aliphatic heterocycles. The Balaban J connectivity index is 1.64. The Morgan fingerprint density at radius 3 is 2.73 bits per heavy atom. The second-order valence-corrected chi connectivity index (χ2v) is 7.00. The standard InChI is InChI=1S/C18H17F3N2O2S/c19-18(20,21)13-5-1-4-12(10-13)11-22-16(24)14-6-2-8-23(14)17(25)15-7-3-9-26-15/h1,3-5,7,9-10,14H,2,6,8,11H2,(H,22,24). The van der Waals surface area contributed by atoms with E-state index < -0.39 is 17.8 Å². The van der Waals surface area contributed by atoms with Crippen LogP contribution in [0.5, 0.6) is 0 Å². The van der Waals surface area contributed by atoms with Gasteiger partial charge in [0.15, 0.2) is 0 Å². The molecule has 26 heavy (non-hydrogen) atoms.